The van der Waals surface area contributed by atoms with Crippen LogP contribution in [0.3, 0.4) is 0 Å². The van der Waals surface area contributed by atoms with Gasteiger partial charge in [-0.3, -0.25) is 4.79 Å². The fraction of sp³-hybridized carbons (Fsp3) is 0.333. The van der Waals surface area contributed by atoms with Gasteiger partial charge in [0.25, 0.3) is 0 Å². The molecule has 2 heterocycles. The molecule has 0 saturated heterocycles. The number of hydrogen-bond donors (Lipinski definition) is 0. The van der Waals surface area contributed by atoms with Gasteiger partial charge in [0.1, 0.15) is 0 Å². The van der Waals surface area contributed by atoms with Crippen LogP contribution < -0.4 is 4.90 Å². The predicted molar refractivity (Wildman–Crippen MR) is 81.0 cm³/mol. The molecule has 1 aromatic carbocycles. The highest BCUT2D eigenvalue weighted by atomic mass is 32.2. The van der Waals surface area contributed by atoms with Gasteiger partial charge in [-0.25, -0.2) is 4.98 Å². The van der Waals surface area contributed by atoms with Crippen molar-refractivity contribution in [2.45, 2.75) is 24.5 Å². The summed E-state index contributed by atoms with van der Waals surface area (Å²) in [5.74, 6) is 0.569. The minimum Gasteiger partial charge on any atom is -0.329 e. The molecule has 0 N–H and O–H groups in total. The third-order valence-electron chi connectivity index (χ3n) is 3.58. The molecular weight excluding hydrogens is 270 g/mol. The third kappa shape index (κ3) is 2.33. The van der Waals surface area contributed by atoms with Gasteiger partial charge in [0, 0.05) is 31.2 Å². The van der Waals surface area contributed by atoms with Crippen molar-refractivity contribution in [3.05, 3.63) is 42.2 Å². The van der Waals surface area contributed by atoms with E-state index in [1.54, 1.807) is 6.20 Å². The van der Waals surface area contributed by atoms with Gasteiger partial charge in [-0.1, -0.05) is 30.0 Å². The number of carbonyl (C=O) groups excluding carboxylic acids is 1. The number of rotatable bonds is 3. The van der Waals surface area contributed by atoms with Crippen LogP contribution in [0.15, 0.2) is 41.8 Å². The van der Waals surface area contributed by atoms with Gasteiger partial charge in [-0.2, -0.15) is 0 Å². The number of thioether (sulfide) groups is 1. The van der Waals surface area contributed by atoms with E-state index in [2.05, 4.69) is 18.0 Å². The van der Waals surface area contributed by atoms with Gasteiger partial charge in [-0.05, 0) is 25.0 Å². The fourth-order valence-corrected chi connectivity index (χ4v) is 3.42. The van der Waals surface area contributed by atoms with Gasteiger partial charge in [-0.15, -0.1) is 0 Å². The second-order valence-corrected chi connectivity index (χ2v) is 6.00. The number of para-hydroxylation sites is 1. The third-order valence-corrected chi connectivity index (χ3v) is 4.62. The molecule has 1 atom stereocenters. The molecule has 4 nitrogen and oxygen atoms in total. The number of imidazole rings is 1. The van der Waals surface area contributed by atoms with Crippen LogP contribution in [0.1, 0.15) is 12.5 Å². The average molecular weight is 287 g/mol. The number of amides is 1. The molecule has 2 aromatic rings. The maximum Gasteiger partial charge on any atom is 0.237 e. The number of hydrogen-bond acceptors (Lipinski definition) is 3. The van der Waals surface area contributed by atoms with Crippen molar-refractivity contribution in [1.82, 2.24) is 9.55 Å². The van der Waals surface area contributed by atoms with Gasteiger partial charge in [0.05, 0.1) is 5.75 Å². The summed E-state index contributed by atoms with van der Waals surface area (Å²) in [6, 6.07) is 8.39. The summed E-state index contributed by atoms with van der Waals surface area (Å²) in [6.07, 6.45) is 4.58. The average Bonchev–Trinajstić information content (AvgIpc) is 2.98. The molecule has 0 bridgehead atoms. The smallest absolute Gasteiger partial charge is 0.237 e. The van der Waals surface area contributed by atoms with E-state index >= 15 is 0 Å². The first-order chi connectivity index (χ1) is 9.66. The maximum atomic E-state index is 12.5. The number of benzene rings is 1. The molecule has 3 rings (SSSR count). The van der Waals surface area contributed by atoms with Crippen molar-refractivity contribution in [3.63, 3.8) is 0 Å². The number of aryl methyl sites for hydroxylation is 1. The summed E-state index contributed by atoms with van der Waals surface area (Å²) >= 11 is 1.49. The van der Waals surface area contributed by atoms with Gasteiger partial charge in [0.15, 0.2) is 5.16 Å². The second kappa shape index (κ2) is 5.32. The van der Waals surface area contributed by atoms with Crippen LogP contribution in [0.2, 0.25) is 0 Å². The lowest BCUT2D eigenvalue weighted by Crippen LogP contribution is -2.37. The fourth-order valence-electron chi connectivity index (χ4n) is 2.63. The zero-order chi connectivity index (χ0) is 14.1. The van der Waals surface area contributed by atoms with E-state index in [1.165, 1.54) is 17.3 Å². The molecule has 1 amide bonds. The molecule has 0 saturated carbocycles. The highest BCUT2D eigenvalue weighted by Crippen LogP contribution is 2.32. The molecule has 0 radical (unpaired) electrons. The van der Waals surface area contributed by atoms with E-state index < -0.39 is 0 Å². The number of aromatic nitrogens is 2. The van der Waals surface area contributed by atoms with Crippen LogP contribution in [0.4, 0.5) is 5.69 Å². The Balaban J connectivity index is 1.73. The lowest BCUT2D eigenvalue weighted by molar-refractivity contribution is -0.116. The molecule has 0 fully saturated rings. The Morgan fingerprint density at radius 3 is 3.00 bits per heavy atom. The lowest BCUT2D eigenvalue weighted by atomic mass is 10.1. The number of carbonyl (C=O) groups is 1. The highest BCUT2D eigenvalue weighted by Gasteiger charge is 2.30. The van der Waals surface area contributed by atoms with Gasteiger partial charge in [0.2, 0.25) is 5.91 Å². The molecule has 1 aromatic heterocycles. The number of anilines is 1. The minimum absolute atomic E-state index is 0.149. The summed E-state index contributed by atoms with van der Waals surface area (Å²) in [5, 5.41) is 0.874. The Labute approximate surface area is 122 Å². The molecule has 1 aliphatic rings. The zero-order valence-electron chi connectivity index (χ0n) is 11.6. The molecule has 20 heavy (non-hydrogen) atoms. The van der Waals surface area contributed by atoms with Crippen LogP contribution in [0, 0.1) is 0 Å². The van der Waals surface area contributed by atoms with E-state index in [0.29, 0.717) is 5.75 Å². The van der Waals surface area contributed by atoms with Gasteiger partial charge >= 0.3 is 0 Å². The summed E-state index contributed by atoms with van der Waals surface area (Å²) in [7, 11) is 1.94. The largest absolute Gasteiger partial charge is 0.329 e. The predicted octanol–water partition coefficient (Wildman–Crippen LogP) is 2.49. The van der Waals surface area contributed by atoms with Crippen LogP contribution in [-0.4, -0.2) is 27.3 Å². The molecule has 0 spiro atoms. The Morgan fingerprint density at radius 2 is 2.25 bits per heavy atom. The molecular formula is C15H17N3OS. The van der Waals surface area contributed by atoms with Crippen molar-refractivity contribution in [2.75, 3.05) is 10.7 Å². The normalized spacial score (nSPS) is 17.3. The molecule has 1 aliphatic heterocycles. The van der Waals surface area contributed by atoms with Crippen molar-refractivity contribution >= 4 is 23.4 Å². The first-order valence-electron chi connectivity index (χ1n) is 6.67. The Bertz CT molecular complexity index is 638. The zero-order valence-corrected chi connectivity index (χ0v) is 12.4. The summed E-state index contributed by atoms with van der Waals surface area (Å²) in [5.41, 5.74) is 2.32. The first kappa shape index (κ1) is 13.2. The number of nitrogens with zero attached hydrogens (tertiary/aromatic N) is 3. The van der Waals surface area contributed by atoms with E-state index in [9.17, 15) is 4.79 Å². The molecule has 0 aliphatic carbocycles. The molecule has 104 valence electrons. The lowest BCUT2D eigenvalue weighted by Gasteiger charge is -2.22. The van der Waals surface area contributed by atoms with Crippen molar-refractivity contribution in [3.8, 4) is 0 Å². The highest BCUT2D eigenvalue weighted by molar-refractivity contribution is 7.99. The number of fused-ring (bicyclic) bond motifs is 1. The van der Waals surface area contributed by atoms with Crippen molar-refractivity contribution < 1.29 is 4.79 Å². The van der Waals surface area contributed by atoms with Crippen molar-refractivity contribution in [2.24, 2.45) is 7.05 Å². The Morgan fingerprint density at radius 1 is 1.45 bits per heavy atom. The Hall–Kier alpha value is -1.75. The topological polar surface area (TPSA) is 38.1 Å². The SMILES string of the molecule is CC1Cc2ccccc2N1C(=O)CSc1nccn1C. The second-order valence-electron chi connectivity index (χ2n) is 5.05. The van der Waals surface area contributed by atoms with E-state index in [4.69, 9.17) is 0 Å². The van der Waals surface area contributed by atoms with Crippen LogP contribution in [0.5, 0.6) is 0 Å². The maximum absolute atomic E-state index is 12.5. The molecule has 5 heteroatoms. The van der Waals surface area contributed by atoms with E-state index in [1.807, 2.05) is 40.9 Å². The minimum atomic E-state index is 0.149. The van der Waals surface area contributed by atoms with Crippen LogP contribution >= 0.6 is 11.8 Å². The van der Waals surface area contributed by atoms with Crippen LogP contribution in [0.25, 0.3) is 0 Å². The Kier molecular flexibility index (Phi) is 3.53. The van der Waals surface area contributed by atoms with Crippen molar-refractivity contribution in [1.29, 1.82) is 0 Å². The monoisotopic (exact) mass is 287 g/mol. The van der Waals surface area contributed by atoms with E-state index in [-0.39, 0.29) is 11.9 Å². The summed E-state index contributed by atoms with van der Waals surface area (Å²) < 4.78 is 1.93. The van der Waals surface area contributed by atoms with Crippen LogP contribution in [-0.2, 0) is 18.3 Å². The quantitative estimate of drug-likeness (QED) is 0.814. The standard InChI is InChI=1S/C15H17N3OS/c1-11-9-12-5-3-4-6-13(12)18(11)14(19)10-20-15-16-7-8-17(15)2/h3-8,11H,9-10H2,1-2H3. The summed E-state index contributed by atoms with van der Waals surface area (Å²) in [4.78, 5) is 18.6. The summed E-state index contributed by atoms with van der Waals surface area (Å²) in [6.45, 7) is 2.10. The first-order valence-corrected chi connectivity index (χ1v) is 7.65. The van der Waals surface area contributed by atoms with E-state index in [0.717, 1.165) is 17.3 Å². The van der Waals surface area contributed by atoms with Gasteiger partial charge < -0.3 is 9.47 Å². The molecule has 1 unspecified atom stereocenters.